The van der Waals surface area contributed by atoms with Crippen LogP contribution < -0.4 is 9.46 Å². The fraction of sp³-hybridized carbons (Fsp3) is 0.552. The van der Waals surface area contributed by atoms with Crippen LogP contribution in [0.25, 0.3) is 11.1 Å². The lowest BCUT2D eigenvalue weighted by Crippen LogP contribution is -2.29. The molecule has 2 aromatic rings. The first-order chi connectivity index (χ1) is 17.3. The zero-order chi connectivity index (χ0) is 27.0. The van der Waals surface area contributed by atoms with Crippen LogP contribution in [0.1, 0.15) is 81.2 Å². The molecule has 202 valence electrons. The van der Waals surface area contributed by atoms with Gasteiger partial charge in [0.25, 0.3) is 0 Å². The molecule has 37 heavy (non-hydrogen) atoms. The molecule has 0 spiro atoms. The summed E-state index contributed by atoms with van der Waals surface area (Å²) < 4.78 is 40.9. The molecular weight excluding hydrogens is 490 g/mol. The molecular formula is C29H39NO6S. The van der Waals surface area contributed by atoms with E-state index in [2.05, 4.69) is 10.8 Å². The molecule has 0 bridgehead atoms. The van der Waals surface area contributed by atoms with Gasteiger partial charge in [0, 0.05) is 5.56 Å². The molecule has 1 fully saturated rings. The average Bonchev–Trinajstić information content (AvgIpc) is 3.30. The second kappa shape index (κ2) is 10.7. The van der Waals surface area contributed by atoms with Crippen molar-refractivity contribution < 1.29 is 27.8 Å². The molecule has 1 unspecified atom stereocenters. The maximum atomic E-state index is 13.1. The molecule has 1 aliphatic heterocycles. The van der Waals surface area contributed by atoms with Crippen LogP contribution in [0.15, 0.2) is 24.3 Å². The number of anilines is 1. The van der Waals surface area contributed by atoms with E-state index in [-0.39, 0.29) is 11.7 Å². The van der Waals surface area contributed by atoms with E-state index in [9.17, 15) is 18.3 Å². The Balaban J connectivity index is 1.85. The number of hydrogen-bond donors (Lipinski definition) is 2. The highest BCUT2D eigenvalue weighted by atomic mass is 32.2. The number of sulfonamides is 1. The van der Waals surface area contributed by atoms with Crippen LogP contribution in [0.4, 0.5) is 5.69 Å². The van der Waals surface area contributed by atoms with Gasteiger partial charge in [-0.2, -0.15) is 0 Å². The van der Waals surface area contributed by atoms with Crippen LogP contribution in [0.3, 0.4) is 0 Å². The van der Waals surface area contributed by atoms with Gasteiger partial charge in [-0.05, 0) is 112 Å². The highest BCUT2D eigenvalue weighted by Crippen LogP contribution is 2.42. The largest absolute Gasteiger partial charge is 0.493 e. The minimum Gasteiger partial charge on any atom is -0.493 e. The first-order valence-electron chi connectivity index (χ1n) is 13.2. The maximum absolute atomic E-state index is 13.1. The van der Waals surface area contributed by atoms with Crippen molar-refractivity contribution >= 4 is 21.7 Å². The third-order valence-corrected chi connectivity index (χ3v) is 8.62. The minimum absolute atomic E-state index is 0.0776. The highest BCUT2D eigenvalue weighted by molar-refractivity contribution is 7.92. The SMILES string of the molecule is Cc1cc(NS(=O)(=O)CC2CCCC2)c(C)c(C(OC(C)(C)C)C(=O)O)c1-c1ccc2c(c1)CCCO2. The third kappa shape index (κ3) is 6.47. The summed E-state index contributed by atoms with van der Waals surface area (Å²) in [5.74, 6) is -0.0333. The van der Waals surface area contributed by atoms with E-state index in [1.165, 1.54) is 0 Å². The second-order valence-electron chi connectivity index (χ2n) is 11.4. The monoisotopic (exact) mass is 529 g/mol. The zero-order valence-corrected chi connectivity index (χ0v) is 23.3. The van der Waals surface area contributed by atoms with Gasteiger partial charge in [-0.15, -0.1) is 0 Å². The molecule has 1 atom stereocenters. The van der Waals surface area contributed by atoms with Crippen LogP contribution in [0.2, 0.25) is 0 Å². The van der Waals surface area contributed by atoms with E-state index in [0.717, 1.165) is 66.5 Å². The first-order valence-corrected chi connectivity index (χ1v) is 14.8. The smallest absolute Gasteiger partial charge is 0.337 e. The summed E-state index contributed by atoms with van der Waals surface area (Å²) in [6, 6.07) is 7.74. The van der Waals surface area contributed by atoms with Gasteiger partial charge in [0.15, 0.2) is 6.10 Å². The second-order valence-corrected chi connectivity index (χ2v) is 13.2. The molecule has 2 aliphatic rings. The number of aliphatic carboxylic acids is 1. The summed E-state index contributed by atoms with van der Waals surface area (Å²) in [6.45, 7) is 9.79. The molecule has 7 nitrogen and oxygen atoms in total. The van der Waals surface area contributed by atoms with E-state index < -0.39 is 27.7 Å². The fourth-order valence-corrected chi connectivity index (χ4v) is 7.14. The molecule has 1 saturated carbocycles. The Labute approximate surface area is 220 Å². The van der Waals surface area contributed by atoms with Gasteiger partial charge in [0.05, 0.1) is 23.6 Å². The summed E-state index contributed by atoms with van der Waals surface area (Å²) in [5.41, 5.74) is 4.17. The number of nitrogens with one attached hydrogen (secondary N) is 1. The number of ether oxygens (including phenoxy) is 2. The van der Waals surface area contributed by atoms with E-state index in [1.807, 2.05) is 45.9 Å². The number of fused-ring (bicyclic) bond motifs is 1. The Bertz CT molecular complexity index is 1270. The van der Waals surface area contributed by atoms with Crippen molar-refractivity contribution in [2.75, 3.05) is 17.1 Å². The lowest BCUT2D eigenvalue weighted by molar-refractivity contribution is -0.160. The van der Waals surface area contributed by atoms with E-state index in [4.69, 9.17) is 9.47 Å². The number of rotatable bonds is 8. The summed E-state index contributed by atoms with van der Waals surface area (Å²) >= 11 is 0. The van der Waals surface area contributed by atoms with Crippen LogP contribution >= 0.6 is 0 Å². The minimum atomic E-state index is -3.60. The van der Waals surface area contributed by atoms with Crippen LogP contribution in [-0.4, -0.2) is 37.5 Å². The van der Waals surface area contributed by atoms with Gasteiger partial charge in [-0.25, -0.2) is 13.2 Å². The Hall–Kier alpha value is -2.58. The van der Waals surface area contributed by atoms with Crippen molar-refractivity contribution in [1.82, 2.24) is 0 Å². The Morgan fingerprint density at radius 2 is 1.86 bits per heavy atom. The van der Waals surface area contributed by atoms with Crippen molar-refractivity contribution in [3.05, 3.63) is 46.5 Å². The topological polar surface area (TPSA) is 102 Å². The van der Waals surface area contributed by atoms with Gasteiger partial charge in [-0.3, -0.25) is 4.72 Å². The van der Waals surface area contributed by atoms with Gasteiger partial charge >= 0.3 is 5.97 Å². The van der Waals surface area contributed by atoms with Gasteiger partial charge in [0.2, 0.25) is 10.0 Å². The molecule has 8 heteroatoms. The number of aryl methyl sites for hydroxylation is 2. The molecule has 0 saturated heterocycles. The molecule has 2 N–H and O–H groups in total. The van der Waals surface area contributed by atoms with E-state index in [0.29, 0.717) is 23.4 Å². The number of benzene rings is 2. The Kier molecular flexibility index (Phi) is 7.91. The third-order valence-electron chi connectivity index (χ3n) is 7.18. The quantitative estimate of drug-likeness (QED) is 0.424. The van der Waals surface area contributed by atoms with Gasteiger partial charge in [-0.1, -0.05) is 18.9 Å². The van der Waals surface area contributed by atoms with Crippen molar-refractivity contribution in [1.29, 1.82) is 0 Å². The summed E-state index contributed by atoms with van der Waals surface area (Å²) in [7, 11) is -3.60. The van der Waals surface area contributed by atoms with Gasteiger partial charge < -0.3 is 14.6 Å². The predicted molar refractivity (Wildman–Crippen MR) is 146 cm³/mol. The normalized spacial score (nSPS) is 17.2. The summed E-state index contributed by atoms with van der Waals surface area (Å²) in [4.78, 5) is 12.6. The number of hydrogen-bond acceptors (Lipinski definition) is 5. The van der Waals surface area contributed by atoms with E-state index >= 15 is 0 Å². The van der Waals surface area contributed by atoms with Crippen LogP contribution in [-0.2, 0) is 26.0 Å². The fourth-order valence-electron chi connectivity index (χ4n) is 5.56. The van der Waals surface area contributed by atoms with Crippen molar-refractivity contribution in [3.8, 4) is 16.9 Å². The number of carboxylic acid groups (broad SMARTS) is 1. The van der Waals surface area contributed by atoms with E-state index in [1.54, 1.807) is 6.92 Å². The standard InChI is InChI=1S/C29H39NO6S/c1-18-15-23(30-37(33,34)17-20-9-6-7-10-20)19(2)26(27(28(31)32)36-29(3,4)5)25(18)22-12-13-24-21(16-22)11-8-14-35-24/h12-13,15-16,20,27,30H,6-11,14,17H2,1-5H3,(H,31,32). The number of carboxylic acids is 1. The summed E-state index contributed by atoms with van der Waals surface area (Å²) in [6.07, 6.45) is 4.50. The molecule has 0 radical (unpaired) electrons. The van der Waals surface area contributed by atoms with Crippen molar-refractivity contribution in [2.24, 2.45) is 5.92 Å². The molecule has 4 rings (SSSR count). The number of carbonyl (C=O) groups is 1. The molecule has 1 heterocycles. The molecule has 2 aromatic carbocycles. The van der Waals surface area contributed by atoms with Crippen molar-refractivity contribution in [2.45, 2.75) is 84.8 Å². The van der Waals surface area contributed by atoms with Crippen molar-refractivity contribution in [3.63, 3.8) is 0 Å². The Morgan fingerprint density at radius 1 is 1.16 bits per heavy atom. The zero-order valence-electron chi connectivity index (χ0n) is 22.5. The lowest BCUT2D eigenvalue weighted by Gasteiger charge is -2.30. The average molecular weight is 530 g/mol. The maximum Gasteiger partial charge on any atom is 0.337 e. The molecule has 1 aliphatic carbocycles. The predicted octanol–water partition coefficient (Wildman–Crippen LogP) is 6.17. The van der Waals surface area contributed by atoms with Crippen LogP contribution in [0.5, 0.6) is 5.75 Å². The summed E-state index contributed by atoms with van der Waals surface area (Å²) in [5, 5.41) is 10.3. The van der Waals surface area contributed by atoms with Crippen LogP contribution in [0, 0.1) is 19.8 Å². The lowest BCUT2D eigenvalue weighted by atomic mass is 9.86. The molecule has 0 amide bonds. The highest BCUT2D eigenvalue weighted by Gasteiger charge is 2.33. The Morgan fingerprint density at radius 3 is 2.51 bits per heavy atom. The molecule has 0 aromatic heterocycles. The van der Waals surface area contributed by atoms with Gasteiger partial charge in [0.1, 0.15) is 5.75 Å². The first kappa shape index (κ1) is 27.5.